The van der Waals surface area contributed by atoms with Gasteiger partial charge in [-0.2, -0.15) is 0 Å². The highest BCUT2D eigenvalue weighted by Crippen LogP contribution is 2.42. The lowest BCUT2D eigenvalue weighted by atomic mass is 9.83. The lowest BCUT2D eigenvalue weighted by Crippen LogP contribution is -2.21. The molecule has 0 bridgehead atoms. The molecule has 2 heterocycles. The lowest BCUT2D eigenvalue weighted by Gasteiger charge is -2.17. The van der Waals surface area contributed by atoms with Crippen molar-refractivity contribution in [3.63, 3.8) is 0 Å². The van der Waals surface area contributed by atoms with Gasteiger partial charge in [0.1, 0.15) is 5.75 Å². The van der Waals surface area contributed by atoms with Crippen LogP contribution in [-0.2, 0) is 16.6 Å². The van der Waals surface area contributed by atoms with E-state index in [1.807, 2.05) is 23.9 Å². The van der Waals surface area contributed by atoms with E-state index in [0.29, 0.717) is 16.3 Å². The summed E-state index contributed by atoms with van der Waals surface area (Å²) in [6.07, 6.45) is 0.472. The highest BCUT2D eigenvalue weighted by atomic mass is 35.5. The van der Waals surface area contributed by atoms with Crippen LogP contribution in [0.2, 0.25) is 5.02 Å². The van der Waals surface area contributed by atoms with Gasteiger partial charge in [-0.15, -0.1) is 0 Å². The van der Waals surface area contributed by atoms with Crippen molar-refractivity contribution in [2.45, 2.75) is 24.5 Å². The first kappa shape index (κ1) is 20.4. The smallest absolute Gasteiger partial charge is 0.235 e. The minimum atomic E-state index is -1.45. The number of aliphatic hydroxyl groups excluding tert-OH is 1. The molecule has 1 aromatic heterocycles. The van der Waals surface area contributed by atoms with Gasteiger partial charge in [0.15, 0.2) is 6.29 Å². The van der Waals surface area contributed by atoms with Crippen LogP contribution in [0.15, 0.2) is 48.7 Å². The van der Waals surface area contributed by atoms with Gasteiger partial charge < -0.3 is 19.5 Å². The van der Waals surface area contributed by atoms with Gasteiger partial charge in [0.25, 0.3) is 0 Å². The number of ether oxygens (including phenoxy) is 1. The number of nitrogens with one attached hydrogen (secondary N) is 1. The molecule has 4 rings (SSSR count). The number of benzene rings is 2. The van der Waals surface area contributed by atoms with Crippen molar-refractivity contribution >= 4 is 34.3 Å². The molecule has 3 aromatic rings. The summed E-state index contributed by atoms with van der Waals surface area (Å²) in [6, 6.07) is 12.4. The topological polar surface area (TPSA) is 101 Å². The molecule has 0 aliphatic carbocycles. The number of carbonyl (C=O) groups is 2. The molecule has 3 N–H and O–H groups in total. The van der Waals surface area contributed by atoms with Crippen molar-refractivity contribution in [3.8, 4) is 5.75 Å². The highest BCUT2D eigenvalue weighted by molar-refractivity contribution is 6.31. The summed E-state index contributed by atoms with van der Waals surface area (Å²) < 4.78 is 7.46. The third kappa shape index (κ3) is 3.79. The van der Waals surface area contributed by atoms with Gasteiger partial charge in [-0.25, -0.2) is 0 Å². The third-order valence-electron chi connectivity index (χ3n) is 5.32. The lowest BCUT2D eigenvalue weighted by molar-refractivity contribution is -0.125. The molecule has 0 spiro atoms. The van der Waals surface area contributed by atoms with Crippen molar-refractivity contribution in [1.82, 2.24) is 9.88 Å². The third-order valence-corrected chi connectivity index (χ3v) is 5.56. The second kappa shape index (κ2) is 8.10. The summed E-state index contributed by atoms with van der Waals surface area (Å²) in [7, 11) is 1.88. The maximum Gasteiger partial charge on any atom is 0.235 e. The number of amides is 2. The van der Waals surface area contributed by atoms with Crippen LogP contribution in [0.25, 0.3) is 10.9 Å². The number of imide groups is 1. The molecule has 2 aromatic carbocycles. The van der Waals surface area contributed by atoms with E-state index in [0.717, 1.165) is 16.5 Å². The molecule has 1 aliphatic heterocycles. The molecule has 0 radical (unpaired) electrons. The van der Waals surface area contributed by atoms with Crippen LogP contribution in [0.5, 0.6) is 5.75 Å². The maximum absolute atomic E-state index is 12.8. The normalized spacial score (nSPS) is 19.0. The molecule has 7 nitrogen and oxygen atoms in total. The molecule has 156 valence electrons. The zero-order chi connectivity index (χ0) is 21.4. The Bertz CT molecular complexity index is 1120. The fourth-order valence-corrected chi connectivity index (χ4v) is 4.14. The van der Waals surface area contributed by atoms with E-state index in [-0.39, 0.29) is 24.8 Å². The van der Waals surface area contributed by atoms with Crippen LogP contribution >= 0.6 is 11.6 Å². The Labute approximate surface area is 177 Å². The van der Waals surface area contributed by atoms with Gasteiger partial charge >= 0.3 is 0 Å². The van der Waals surface area contributed by atoms with Crippen molar-refractivity contribution < 1.29 is 24.5 Å². The van der Waals surface area contributed by atoms with E-state index < -0.39 is 18.1 Å². The van der Waals surface area contributed by atoms with Crippen LogP contribution in [0.4, 0.5) is 0 Å². The molecule has 30 heavy (non-hydrogen) atoms. The monoisotopic (exact) mass is 428 g/mol. The summed E-state index contributed by atoms with van der Waals surface area (Å²) >= 11 is 6.19. The van der Waals surface area contributed by atoms with E-state index in [1.165, 1.54) is 0 Å². The van der Waals surface area contributed by atoms with Crippen LogP contribution in [-0.4, -0.2) is 39.5 Å². The Kier molecular flexibility index (Phi) is 5.51. The Morgan fingerprint density at radius 3 is 2.67 bits per heavy atom. The number of hydrogen-bond donors (Lipinski definition) is 3. The number of halogens is 1. The average molecular weight is 429 g/mol. The van der Waals surface area contributed by atoms with Crippen molar-refractivity contribution in [2.24, 2.45) is 7.05 Å². The van der Waals surface area contributed by atoms with Gasteiger partial charge in [0, 0.05) is 35.6 Å². The van der Waals surface area contributed by atoms with E-state index in [2.05, 4.69) is 5.32 Å². The first-order chi connectivity index (χ1) is 14.3. The molecule has 2 amide bonds. The zero-order valence-electron chi connectivity index (χ0n) is 16.2. The Morgan fingerprint density at radius 2 is 1.90 bits per heavy atom. The predicted molar refractivity (Wildman–Crippen MR) is 111 cm³/mol. The molecule has 2 atom stereocenters. The average Bonchev–Trinajstić information content (AvgIpc) is 3.16. The molecule has 0 saturated carbocycles. The van der Waals surface area contributed by atoms with Crippen molar-refractivity contribution in [1.29, 1.82) is 0 Å². The van der Waals surface area contributed by atoms with E-state index >= 15 is 0 Å². The molecular weight excluding hydrogens is 408 g/mol. The fourth-order valence-electron chi connectivity index (χ4n) is 3.97. The number of aryl methyl sites for hydroxylation is 1. The maximum atomic E-state index is 12.8. The molecular formula is C22H21ClN2O5. The van der Waals surface area contributed by atoms with Crippen LogP contribution in [0.3, 0.4) is 0 Å². The van der Waals surface area contributed by atoms with Crippen molar-refractivity contribution in [3.05, 3.63) is 64.8 Å². The summed E-state index contributed by atoms with van der Waals surface area (Å²) in [6.45, 7) is 0.113. The number of hydrogen-bond acceptors (Lipinski definition) is 5. The number of aromatic nitrogens is 1. The number of rotatable bonds is 6. The van der Waals surface area contributed by atoms with Gasteiger partial charge in [-0.05, 0) is 41.5 Å². The molecule has 0 unspecified atom stereocenters. The van der Waals surface area contributed by atoms with E-state index in [4.69, 9.17) is 26.6 Å². The molecule has 1 aliphatic rings. The summed E-state index contributed by atoms with van der Waals surface area (Å²) in [4.78, 5) is 25.5. The number of fused-ring (bicyclic) bond motifs is 1. The Hall–Kier alpha value is -2.87. The first-order valence-electron chi connectivity index (χ1n) is 9.53. The van der Waals surface area contributed by atoms with Crippen LogP contribution < -0.4 is 10.1 Å². The summed E-state index contributed by atoms with van der Waals surface area (Å²) in [5, 5.41) is 21.8. The summed E-state index contributed by atoms with van der Waals surface area (Å²) in [5.41, 5.74) is 2.29. The number of carbonyl (C=O) groups excluding carboxylic acids is 2. The number of aliphatic hydroxyl groups is 2. The zero-order valence-corrected chi connectivity index (χ0v) is 17.0. The van der Waals surface area contributed by atoms with Gasteiger partial charge in [0.2, 0.25) is 11.8 Å². The quantitative estimate of drug-likeness (QED) is 0.413. The Balaban J connectivity index is 1.72. The SMILES string of the molecule is Cn1cc([C@@H]2C(=O)NC(=O)[C@H]2c2cccc(OCCC(O)O)c2)c2cc(Cl)ccc21. The minimum absolute atomic E-state index is 0.0615. The fraction of sp³-hybridized carbons (Fsp3) is 0.273. The largest absolute Gasteiger partial charge is 0.493 e. The molecule has 8 heteroatoms. The summed E-state index contributed by atoms with van der Waals surface area (Å²) in [5.74, 6) is -1.65. The van der Waals surface area contributed by atoms with Gasteiger partial charge in [0.05, 0.1) is 18.4 Å². The Morgan fingerprint density at radius 1 is 1.13 bits per heavy atom. The highest BCUT2D eigenvalue weighted by Gasteiger charge is 2.44. The standard InChI is InChI=1S/C22H21ClN2O5/c1-25-11-16(15-10-13(23)5-6-17(15)25)20-19(21(28)24-22(20)29)12-3-2-4-14(9-12)30-8-7-18(26)27/h2-6,9-11,18-20,26-27H,7-8H2,1H3,(H,24,28,29)/t19-,20-/m0/s1. The van der Waals surface area contributed by atoms with Crippen LogP contribution in [0.1, 0.15) is 29.4 Å². The second-order valence-corrected chi connectivity index (χ2v) is 7.79. The van der Waals surface area contributed by atoms with Gasteiger partial charge in [-0.3, -0.25) is 14.9 Å². The number of nitrogens with zero attached hydrogens (tertiary/aromatic N) is 1. The minimum Gasteiger partial charge on any atom is -0.493 e. The van der Waals surface area contributed by atoms with E-state index in [1.54, 1.807) is 36.4 Å². The van der Waals surface area contributed by atoms with Crippen LogP contribution in [0, 0.1) is 0 Å². The second-order valence-electron chi connectivity index (χ2n) is 7.36. The van der Waals surface area contributed by atoms with Gasteiger partial charge in [-0.1, -0.05) is 23.7 Å². The van der Waals surface area contributed by atoms with Crippen molar-refractivity contribution in [2.75, 3.05) is 6.61 Å². The molecule has 1 saturated heterocycles. The molecule has 1 fully saturated rings. The van der Waals surface area contributed by atoms with E-state index in [9.17, 15) is 9.59 Å². The predicted octanol–water partition coefficient (Wildman–Crippen LogP) is 2.44. The first-order valence-corrected chi connectivity index (χ1v) is 9.91.